The van der Waals surface area contributed by atoms with E-state index in [1.54, 1.807) is 0 Å². The van der Waals surface area contributed by atoms with E-state index in [0.717, 1.165) is 6.07 Å². The van der Waals surface area contributed by atoms with Crippen molar-refractivity contribution in [2.24, 2.45) is 0 Å². The topological polar surface area (TPSA) is 66.6 Å². The van der Waals surface area contributed by atoms with Gasteiger partial charge in [0, 0.05) is 37.4 Å². The molecule has 1 saturated heterocycles. The van der Waals surface area contributed by atoms with Crippen LogP contribution in [0.3, 0.4) is 0 Å². The van der Waals surface area contributed by atoms with Gasteiger partial charge in [0.25, 0.3) is 0 Å². The Morgan fingerprint density at radius 1 is 1.21 bits per heavy atom. The van der Waals surface area contributed by atoms with Crippen molar-refractivity contribution in [1.29, 1.82) is 0 Å². The number of piperazine rings is 1. The van der Waals surface area contributed by atoms with Crippen LogP contribution in [0.1, 0.15) is 5.56 Å². The molecule has 0 spiro atoms. The summed E-state index contributed by atoms with van der Waals surface area (Å²) in [6.45, 7) is 3.62. The zero-order chi connectivity index (χ0) is 14.2. The molecule has 2 N–H and O–H groups in total. The summed E-state index contributed by atoms with van der Waals surface area (Å²) in [5.41, 5.74) is 5.79. The van der Waals surface area contributed by atoms with Crippen molar-refractivity contribution in [3.63, 3.8) is 0 Å². The maximum Gasteiger partial charge on any atom is 0.243 e. The first-order chi connectivity index (χ1) is 8.82. The lowest BCUT2D eigenvalue weighted by molar-refractivity contribution is 0.222. The molecule has 1 heterocycles. The second kappa shape index (κ2) is 5.07. The predicted molar refractivity (Wildman–Crippen MR) is 71.8 cm³/mol. The van der Waals surface area contributed by atoms with Crippen LogP contribution in [-0.2, 0) is 10.0 Å². The summed E-state index contributed by atoms with van der Waals surface area (Å²) in [6, 6.07) is 2.46. The maximum atomic E-state index is 13.6. The third-order valence-electron chi connectivity index (χ3n) is 3.40. The number of nitrogens with zero attached hydrogens (tertiary/aromatic N) is 2. The molecular formula is C12H18FN3O2S. The average molecular weight is 287 g/mol. The van der Waals surface area contributed by atoms with Gasteiger partial charge in [0.15, 0.2) is 0 Å². The Kier molecular flexibility index (Phi) is 3.80. The molecular weight excluding hydrogens is 269 g/mol. The Hall–Kier alpha value is -1.18. The Balaban J connectivity index is 2.40. The van der Waals surface area contributed by atoms with Gasteiger partial charge in [0.1, 0.15) is 5.82 Å². The van der Waals surface area contributed by atoms with Gasteiger partial charge in [0.2, 0.25) is 10.0 Å². The number of nitrogens with two attached hydrogens (primary N) is 1. The van der Waals surface area contributed by atoms with E-state index >= 15 is 0 Å². The highest BCUT2D eigenvalue weighted by Crippen LogP contribution is 2.25. The van der Waals surface area contributed by atoms with Crippen molar-refractivity contribution >= 4 is 15.7 Å². The van der Waals surface area contributed by atoms with Gasteiger partial charge < -0.3 is 10.6 Å². The molecule has 0 aromatic heterocycles. The largest absolute Gasteiger partial charge is 0.399 e. The van der Waals surface area contributed by atoms with Crippen molar-refractivity contribution in [3.05, 3.63) is 23.5 Å². The number of nitrogen functional groups attached to an aromatic ring is 1. The zero-order valence-electron chi connectivity index (χ0n) is 11.1. The number of rotatable bonds is 2. The SMILES string of the molecule is Cc1c(F)cc(N)cc1S(=O)(=O)N1CCN(C)CC1. The minimum absolute atomic E-state index is 0.0328. The van der Waals surface area contributed by atoms with Crippen molar-refractivity contribution in [2.75, 3.05) is 39.0 Å². The third-order valence-corrected chi connectivity index (χ3v) is 5.42. The predicted octanol–water partition coefficient (Wildman–Crippen LogP) is 0.652. The molecule has 1 fully saturated rings. The summed E-state index contributed by atoms with van der Waals surface area (Å²) in [5.74, 6) is -0.590. The normalized spacial score (nSPS) is 18.7. The van der Waals surface area contributed by atoms with Gasteiger partial charge in [-0.25, -0.2) is 12.8 Å². The number of hydrogen-bond donors (Lipinski definition) is 1. The van der Waals surface area contributed by atoms with Gasteiger partial charge in [-0.2, -0.15) is 4.31 Å². The molecule has 5 nitrogen and oxygen atoms in total. The molecule has 0 radical (unpaired) electrons. The Bertz CT molecular complexity index is 581. The zero-order valence-corrected chi connectivity index (χ0v) is 11.9. The lowest BCUT2D eigenvalue weighted by atomic mass is 10.2. The molecule has 7 heteroatoms. The molecule has 0 unspecified atom stereocenters. The highest BCUT2D eigenvalue weighted by Gasteiger charge is 2.29. The van der Waals surface area contributed by atoms with Crippen LogP contribution >= 0.6 is 0 Å². The van der Waals surface area contributed by atoms with Crippen molar-refractivity contribution in [1.82, 2.24) is 9.21 Å². The summed E-state index contributed by atoms with van der Waals surface area (Å²) in [5, 5.41) is 0. The Labute approximate surface area is 112 Å². The fraction of sp³-hybridized carbons (Fsp3) is 0.500. The lowest BCUT2D eigenvalue weighted by Gasteiger charge is -2.32. The summed E-state index contributed by atoms with van der Waals surface area (Å²) >= 11 is 0. The number of halogens is 1. The number of likely N-dealkylation sites (N-methyl/N-ethyl adjacent to an activating group) is 1. The molecule has 19 heavy (non-hydrogen) atoms. The van der Waals surface area contributed by atoms with Gasteiger partial charge in [-0.3, -0.25) is 0 Å². The first-order valence-electron chi connectivity index (χ1n) is 6.06. The van der Waals surface area contributed by atoms with Crippen LogP contribution in [0.2, 0.25) is 0 Å². The van der Waals surface area contributed by atoms with E-state index in [2.05, 4.69) is 4.90 Å². The maximum absolute atomic E-state index is 13.6. The Morgan fingerprint density at radius 2 is 1.79 bits per heavy atom. The van der Waals surface area contributed by atoms with E-state index in [4.69, 9.17) is 5.73 Å². The van der Waals surface area contributed by atoms with E-state index in [9.17, 15) is 12.8 Å². The average Bonchev–Trinajstić information content (AvgIpc) is 2.34. The highest BCUT2D eigenvalue weighted by molar-refractivity contribution is 7.89. The quantitative estimate of drug-likeness (QED) is 0.811. The van der Waals surface area contributed by atoms with Crippen LogP contribution in [0.15, 0.2) is 17.0 Å². The standard InChI is InChI=1S/C12H18FN3O2S/c1-9-11(13)7-10(14)8-12(9)19(17,18)16-5-3-15(2)4-6-16/h7-8H,3-6,14H2,1-2H3. The Morgan fingerprint density at radius 3 is 2.37 bits per heavy atom. The molecule has 1 aromatic carbocycles. The minimum Gasteiger partial charge on any atom is -0.399 e. The van der Waals surface area contributed by atoms with Crippen LogP contribution < -0.4 is 5.73 Å². The lowest BCUT2D eigenvalue weighted by Crippen LogP contribution is -2.47. The minimum atomic E-state index is -3.67. The van der Waals surface area contributed by atoms with Crippen molar-refractivity contribution in [2.45, 2.75) is 11.8 Å². The van der Waals surface area contributed by atoms with E-state index in [1.807, 2.05) is 7.05 Å². The third kappa shape index (κ3) is 2.72. The first kappa shape index (κ1) is 14.2. The molecule has 1 aromatic rings. The molecule has 0 amide bonds. The van der Waals surface area contributed by atoms with Crippen LogP contribution in [0.4, 0.5) is 10.1 Å². The summed E-state index contributed by atoms with van der Waals surface area (Å²) in [6.07, 6.45) is 0. The number of benzene rings is 1. The molecule has 1 aliphatic rings. The second-order valence-corrected chi connectivity index (χ2v) is 6.74. The van der Waals surface area contributed by atoms with Crippen molar-refractivity contribution < 1.29 is 12.8 Å². The fourth-order valence-electron chi connectivity index (χ4n) is 2.11. The van der Waals surface area contributed by atoms with E-state index in [-0.39, 0.29) is 16.1 Å². The van der Waals surface area contributed by atoms with E-state index in [1.165, 1.54) is 17.3 Å². The van der Waals surface area contributed by atoms with Crippen LogP contribution in [-0.4, -0.2) is 50.8 Å². The van der Waals surface area contributed by atoms with E-state index in [0.29, 0.717) is 26.2 Å². The summed E-state index contributed by atoms with van der Waals surface area (Å²) in [7, 11) is -1.73. The highest BCUT2D eigenvalue weighted by atomic mass is 32.2. The van der Waals surface area contributed by atoms with Gasteiger partial charge in [0.05, 0.1) is 4.90 Å². The smallest absolute Gasteiger partial charge is 0.243 e. The summed E-state index contributed by atoms with van der Waals surface area (Å²) in [4.78, 5) is 2.02. The summed E-state index contributed by atoms with van der Waals surface area (Å²) < 4.78 is 40.0. The van der Waals surface area contributed by atoms with Crippen LogP contribution in [0, 0.1) is 12.7 Å². The molecule has 0 bridgehead atoms. The fourth-order valence-corrected chi connectivity index (χ4v) is 3.80. The second-order valence-electron chi connectivity index (χ2n) is 4.83. The monoisotopic (exact) mass is 287 g/mol. The molecule has 0 saturated carbocycles. The molecule has 0 atom stereocenters. The number of hydrogen-bond acceptors (Lipinski definition) is 4. The van der Waals surface area contributed by atoms with Gasteiger partial charge in [-0.15, -0.1) is 0 Å². The number of anilines is 1. The number of sulfonamides is 1. The molecule has 2 rings (SSSR count). The van der Waals surface area contributed by atoms with E-state index < -0.39 is 15.8 Å². The van der Waals surface area contributed by atoms with Gasteiger partial charge in [-0.1, -0.05) is 0 Å². The van der Waals surface area contributed by atoms with Crippen molar-refractivity contribution in [3.8, 4) is 0 Å². The molecule has 1 aliphatic heterocycles. The van der Waals surface area contributed by atoms with Gasteiger partial charge in [-0.05, 0) is 26.1 Å². The van der Waals surface area contributed by atoms with Gasteiger partial charge >= 0.3 is 0 Å². The molecule has 0 aliphatic carbocycles. The van der Waals surface area contributed by atoms with Crippen LogP contribution in [0.25, 0.3) is 0 Å². The first-order valence-corrected chi connectivity index (χ1v) is 7.50. The molecule has 106 valence electrons. The van der Waals surface area contributed by atoms with Crippen LogP contribution in [0.5, 0.6) is 0 Å².